The molecule has 0 amide bonds. The molecule has 170 valence electrons. The average molecular weight is 443 g/mol. The molecule has 0 saturated carbocycles. The third-order valence-electron chi connectivity index (χ3n) is 6.07. The summed E-state index contributed by atoms with van der Waals surface area (Å²) in [7, 11) is 1.64. The van der Waals surface area contributed by atoms with Gasteiger partial charge in [0.25, 0.3) is 5.56 Å². The Morgan fingerprint density at radius 3 is 2.33 bits per heavy atom. The van der Waals surface area contributed by atoms with Crippen molar-refractivity contribution in [3.63, 3.8) is 0 Å². The Morgan fingerprint density at radius 1 is 0.939 bits per heavy atom. The van der Waals surface area contributed by atoms with E-state index in [-0.39, 0.29) is 5.56 Å². The van der Waals surface area contributed by atoms with Gasteiger partial charge in [-0.2, -0.15) is 0 Å². The maximum absolute atomic E-state index is 13.3. The highest BCUT2D eigenvalue weighted by Crippen LogP contribution is 2.23. The molecule has 1 heterocycles. The lowest BCUT2D eigenvalue weighted by Crippen LogP contribution is -2.24. The van der Waals surface area contributed by atoms with Crippen LogP contribution in [-0.4, -0.2) is 23.3 Å². The summed E-state index contributed by atoms with van der Waals surface area (Å²) in [6, 6.07) is 23.4. The maximum Gasteiger partial charge on any atom is 0.261 e. The molecule has 0 spiro atoms. The van der Waals surface area contributed by atoms with Crippen LogP contribution in [0, 0.1) is 0 Å². The Hall–Kier alpha value is -3.60. The van der Waals surface area contributed by atoms with E-state index in [1.165, 1.54) is 5.56 Å². The third kappa shape index (κ3) is 5.08. The summed E-state index contributed by atoms with van der Waals surface area (Å²) in [5.74, 6) is 2.81. The first-order valence-corrected chi connectivity index (χ1v) is 11.5. The highest BCUT2D eigenvalue weighted by Gasteiger charge is 2.13. The van der Waals surface area contributed by atoms with Gasteiger partial charge in [0.05, 0.1) is 24.6 Å². The molecule has 33 heavy (non-hydrogen) atoms. The van der Waals surface area contributed by atoms with Crippen molar-refractivity contribution in [2.24, 2.45) is 0 Å². The van der Waals surface area contributed by atoms with Crippen molar-refractivity contribution in [2.75, 3.05) is 13.7 Å². The van der Waals surface area contributed by atoms with Gasteiger partial charge in [0, 0.05) is 12.1 Å². The van der Waals surface area contributed by atoms with Crippen molar-refractivity contribution in [3.05, 3.63) is 88.7 Å². The van der Waals surface area contributed by atoms with Gasteiger partial charge in [-0.15, -0.1) is 0 Å². The molecule has 0 aliphatic rings. The van der Waals surface area contributed by atoms with Crippen LogP contribution in [0.4, 0.5) is 0 Å². The lowest BCUT2D eigenvalue weighted by molar-refractivity contribution is 0.301. The lowest BCUT2D eigenvalue weighted by atomic mass is 9.99. The third-order valence-corrected chi connectivity index (χ3v) is 6.07. The fourth-order valence-electron chi connectivity index (χ4n) is 3.88. The number of ether oxygens (including phenoxy) is 2. The van der Waals surface area contributed by atoms with Crippen LogP contribution in [0.3, 0.4) is 0 Å². The van der Waals surface area contributed by atoms with Crippen molar-refractivity contribution < 1.29 is 9.47 Å². The van der Waals surface area contributed by atoms with Crippen LogP contribution in [0.15, 0.2) is 77.6 Å². The number of hydrogen-bond acceptors (Lipinski definition) is 4. The van der Waals surface area contributed by atoms with E-state index in [1.54, 1.807) is 11.7 Å². The van der Waals surface area contributed by atoms with Gasteiger partial charge in [-0.3, -0.25) is 9.36 Å². The average Bonchev–Trinajstić information content (AvgIpc) is 2.87. The molecule has 1 atom stereocenters. The van der Waals surface area contributed by atoms with Gasteiger partial charge in [0.2, 0.25) is 0 Å². The smallest absolute Gasteiger partial charge is 0.261 e. The highest BCUT2D eigenvalue weighted by molar-refractivity contribution is 5.79. The van der Waals surface area contributed by atoms with Crippen LogP contribution < -0.4 is 15.0 Å². The van der Waals surface area contributed by atoms with Gasteiger partial charge in [0.1, 0.15) is 17.3 Å². The van der Waals surface area contributed by atoms with Gasteiger partial charge < -0.3 is 9.47 Å². The molecule has 0 aliphatic carbocycles. The minimum Gasteiger partial charge on any atom is -0.497 e. The molecule has 3 aromatic carbocycles. The molecule has 0 bridgehead atoms. The zero-order valence-electron chi connectivity index (χ0n) is 19.5. The molecule has 5 nitrogen and oxygen atoms in total. The second-order valence-corrected chi connectivity index (χ2v) is 8.22. The summed E-state index contributed by atoms with van der Waals surface area (Å²) in [6.07, 6.45) is 1.81. The molecule has 4 rings (SSSR count). The molecule has 5 heteroatoms. The minimum absolute atomic E-state index is 0.0377. The zero-order valence-corrected chi connectivity index (χ0v) is 19.5. The Morgan fingerprint density at radius 2 is 1.64 bits per heavy atom. The lowest BCUT2D eigenvalue weighted by Gasteiger charge is -2.15. The summed E-state index contributed by atoms with van der Waals surface area (Å²) in [6.45, 7) is 5.46. The van der Waals surface area contributed by atoms with Crippen molar-refractivity contribution in [2.45, 2.75) is 39.2 Å². The normalized spacial score (nSPS) is 12.0. The first kappa shape index (κ1) is 22.6. The molecular weight excluding hydrogens is 412 g/mol. The number of aromatic nitrogens is 2. The number of benzene rings is 3. The molecule has 0 radical (unpaired) electrons. The topological polar surface area (TPSA) is 53.4 Å². The minimum atomic E-state index is -0.0377. The van der Waals surface area contributed by atoms with Crippen molar-refractivity contribution >= 4 is 10.9 Å². The van der Waals surface area contributed by atoms with Crippen LogP contribution in [0.2, 0.25) is 0 Å². The predicted molar refractivity (Wildman–Crippen MR) is 133 cm³/mol. The number of methoxy groups -OCH3 is 1. The number of fused-ring (bicyclic) bond motifs is 1. The van der Waals surface area contributed by atoms with E-state index in [9.17, 15) is 4.79 Å². The van der Waals surface area contributed by atoms with Crippen molar-refractivity contribution in [1.29, 1.82) is 0 Å². The number of hydrogen-bond donors (Lipinski definition) is 0. The molecule has 1 aromatic heterocycles. The van der Waals surface area contributed by atoms with Gasteiger partial charge in [0.15, 0.2) is 0 Å². The summed E-state index contributed by atoms with van der Waals surface area (Å²) >= 11 is 0. The summed E-state index contributed by atoms with van der Waals surface area (Å²) in [4.78, 5) is 18.1. The first-order valence-electron chi connectivity index (χ1n) is 11.5. The summed E-state index contributed by atoms with van der Waals surface area (Å²) in [5, 5.41) is 0.622. The van der Waals surface area contributed by atoms with E-state index in [1.807, 2.05) is 60.7 Å². The van der Waals surface area contributed by atoms with E-state index >= 15 is 0 Å². The van der Waals surface area contributed by atoms with E-state index in [4.69, 9.17) is 14.5 Å². The summed E-state index contributed by atoms with van der Waals surface area (Å²) in [5.41, 5.74) is 2.86. The Kier molecular flexibility index (Phi) is 7.08. The van der Waals surface area contributed by atoms with Crippen LogP contribution >= 0.6 is 0 Å². The monoisotopic (exact) mass is 442 g/mol. The molecule has 0 unspecified atom stereocenters. The Balaban J connectivity index is 1.53. The van der Waals surface area contributed by atoms with E-state index < -0.39 is 0 Å². The summed E-state index contributed by atoms with van der Waals surface area (Å²) < 4.78 is 13.0. The molecule has 0 saturated heterocycles. The van der Waals surface area contributed by atoms with Gasteiger partial charge in [-0.1, -0.05) is 38.1 Å². The SMILES string of the molecule is CC[C@H](C)c1ccc(OCCCn2c(-c3ccc(OC)cc3)nc3ccccc3c2=O)cc1. The molecule has 0 aliphatic heterocycles. The fourth-order valence-corrected chi connectivity index (χ4v) is 3.88. The number of rotatable bonds is 9. The Bertz CT molecular complexity index is 1260. The fraction of sp³-hybridized carbons (Fsp3) is 0.286. The second kappa shape index (κ2) is 10.3. The van der Waals surface area contributed by atoms with Gasteiger partial charge in [-0.25, -0.2) is 4.98 Å². The van der Waals surface area contributed by atoms with Crippen molar-refractivity contribution in [1.82, 2.24) is 9.55 Å². The predicted octanol–water partition coefficient (Wildman–Crippen LogP) is 6.05. The zero-order chi connectivity index (χ0) is 23.2. The second-order valence-electron chi connectivity index (χ2n) is 8.22. The largest absolute Gasteiger partial charge is 0.497 e. The van der Waals surface area contributed by atoms with E-state index in [2.05, 4.69) is 26.0 Å². The highest BCUT2D eigenvalue weighted by atomic mass is 16.5. The maximum atomic E-state index is 13.3. The standard InChI is InChI=1S/C28H30N2O3/c1-4-20(2)21-10-16-24(17-11-21)33-19-7-18-30-27(22-12-14-23(32-3)15-13-22)29-26-9-6-5-8-25(26)28(30)31/h5-6,8-17,20H,4,7,18-19H2,1-3H3/t20-/m0/s1. The molecule has 0 fully saturated rings. The van der Waals surface area contributed by atoms with Crippen LogP contribution in [0.5, 0.6) is 11.5 Å². The molecule has 4 aromatic rings. The van der Waals surface area contributed by atoms with Gasteiger partial charge >= 0.3 is 0 Å². The van der Waals surface area contributed by atoms with Crippen molar-refractivity contribution in [3.8, 4) is 22.9 Å². The first-order chi connectivity index (χ1) is 16.1. The van der Waals surface area contributed by atoms with Crippen LogP contribution in [0.25, 0.3) is 22.3 Å². The van der Waals surface area contributed by atoms with Crippen LogP contribution in [0.1, 0.15) is 38.2 Å². The Labute approximate surface area is 194 Å². The number of para-hydroxylation sites is 1. The molecule has 0 N–H and O–H groups in total. The van der Waals surface area contributed by atoms with Gasteiger partial charge in [-0.05, 0) is 72.9 Å². The number of nitrogens with zero attached hydrogens (tertiary/aromatic N) is 2. The van der Waals surface area contributed by atoms with E-state index in [0.717, 1.165) is 23.5 Å². The van der Waals surface area contributed by atoms with E-state index in [0.29, 0.717) is 42.2 Å². The molecular formula is C28H30N2O3. The quantitative estimate of drug-likeness (QED) is 0.296. The van der Waals surface area contributed by atoms with Crippen LogP contribution in [-0.2, 0) is 6.54 Å².